The molecule has 0 amide bonds. The Morgan fingerprint density at radius 3 is 1.30 bits per heavy atom. The maximum atomic E-state index is 12.0. The Balaban J connectivity index is 2.27. The molecule has 0 fully saturated rings. The van der Waals surface area contributed by atoms with Crippen molar-refractivity contribution in [2.75, 3.05) is 0 Å². The summed E-state index contributed by atoms with van der Waals surface area (Å²) in [5.41, 5.74) is 1.86. The zero-order valence-corrected chi connectivity index (χ0v) is 25.3. The number of pyridine rings is 1. The van der Waals surface area contributed by atoms with Crippen LogP contribution in [-0.2, 0) is 23.1 Å². The maximum absolute atomic E-state index is 12.0. The summed E-state index contributed by atoms with van der Waals surface area (Å²) in [6, 6.07) is 3.81. The zero-order valence-electron chi connectivity index (χ0n) is 24.5. The Morgan fingerprint density at radius 2 is 0.919 bits per heavy atom. The summed E-state index contributed by atoms with van der Waals surface area (Å²) in [5, 5.41) is 0. The van der Waals surface area contributed by atoms with Gasteiger partial charge in [0, 0.05) is 18.1 Å². The van der Waals surface area contributed by atoms with E-state index >= 15 is 0 Å². The van der Waals surface area contributed by atoms with Crippen LogP contribution in [0, 0.1) is 0 Å². The van der Waals surface area contributed by atoms with E-state index in [1.54, 1.807) is 6.07 Å². The fraction of sp³-hybridized carbons (Fsp3) is 0.844. The molecule has 0 unspecified atom stereocenters. The summed E-state index contributed by atoms with van der Waals surface area (Å²) in [4.78, 5) is 0. The van der Waals surface area contributed by atoms with E-state index in [2.05, 4.69) is 13.8 Å². The van der Waals surface area contributed by atoms with Crippen LogP contribution < -0.4 is 3.97 Å². The van der Waals surface area contributed by atoms with E-state index in [4.69, 9.17) is 0 Å². The number of unbranched alkanes of at least 4 members (excludes halogenated alkanes) is 21. The lowest BCUT2D eigenvalue weighted by Gasteiger charge is -2.08. The molecule has 1 aromatic rings. The van der Waals surface area contributed by atoms with Gasteiger partial charge in [-0.25, -0.2) is 4.55 Å². The normalized spacial score (nSPS) is 11.9. The van der Waals surface area contributed by atoms with Crippen molar-refractivity contribution < 1.29 is 16.9 Å². The van der Waals surface area contributed by atoms with E-state index in [0.717, 1.165) is 40.9 Å². The predicted octanol–water partition coefficient (Wildman–Crippen LogP) is 9.72. The van der Waals surface area contributed by atoms with Crippen molar-refractivity contribution >= 4 is 10.3 Å². The van der Waals surface area contributed by atoms with Crippen molar-refractivity contribution in [3.63, 3.8) is 0 Å². The van der Waals surface area contributed by atoms with E-state index in [1.807, 2.05) is 6.07 Å². The Bertz CT molecular complexity index is 763. The van der Waals surface area contributed by atoms with Gasteiger partial charge in [0.1, 0.15) is 0 Å². The van der Waals surface area contributed by atoms with Crippen LogP contribution in [-0.4, -0.2) is 13.0 Å². The molecule has 216 valence electrons. The first-order chi connectivity index (χ1) is 18.0. The molecule has 5 heteroatoms. The third kappa shape index (κ3) is 18.1. The number of hydrogen-bond acceptors (Lipinski definition) is 2. The fourth-order valence-corrected chi connectivity index (χ4v) is 6.10. The molecule has 0 spiro atoms. The van der Waals surface area contributed by atoms with Crippen molar-refractivity contribution in [3.05, 3.63) is 29.6 Å². The number of nitrogens with zero attached hydrogens (tertiary/aromatic N) is 1. The summed E-state index contributed by atoms with van der Waals surface area (Å²) in [6.45, 7) is 4.52. The molecule has 4 nitrogen and oxygen atoms in total. The number of aryl methyl sites for hydroxylation is 1. The number of rotatable bonds is 26. The van der Waals surface area contributed by atoms with Gasteiger partial charge in [-0.15, -0.1) is 8.42 Å². The van der Waals surface area contributed by atoms with Gasteiger partial charge in [-0.2, -0.15) is 0 Å². The Labute approximate surface area is 230 Å². The highest BCUT2D eigenvalue weighted by Crippen LogP contribution is 2.17. The molecule has 0 bridgehead atoms. The van der Waals surface area contributed by atoms with Crippen molar-refractivity contribution in [2.45, 2.75) is 174 Å². The lowest BCUT2D eigenvalue weighted by atomic mass is 10.00. The Hall–Kier alpha value is -0.940. The van der Waals surface area contributed by atoms with Gasteiger partial charge in [0.05, 0.1) is 0 Å². The number of aromatic nitrogens is 1. The van der Waals surface area contributed by atoms with Gasteiger partial charge in [-0.1, -0.05) is 153 Å². The highest BCUT2D eigenvalue weighted by molar-refractivity contribution is 7.79. The van der Waals surface area contributed by atoms with Gasteiger partial charge in [0.25, 0.3) is 0 Å². The average Bonchev–Trinajstić information content (AvgIpc) is 2.87. The monoisotopic (exact) mass is 538 g/mol. The molecule has 1 rings (SSSR count). The molecule has 1 aromatic heterocycles. The Morgan fingerprint density at radius 1 is 0.568 bits per heavy atom. The van der Waals surface area contributed by atoms with Crippen molar-refractivity contribution in [1.29, 1.82) is 0 Å². The molecule has 0 atom stereocenters. The van der Waals surface area contributed by atoms with Gasteiger partial charge in [0.15, 0.2) is 6.20 Å². The highest BCUT2D eigenvalue weighted by atomic mass is 32.2. The van der Waals surface area contributed by atoms with Crippen LogP contribution in [0.4, 0.5) is 0 Å². The molecule has 0 radical (unpaired) electrons. The molecule has 0 saturated carbocycles. The lowest BCUT2D eigenvalue weighted by Crippen LogP contribution is -2.46. The molecule has 0 aliphatic rings. The maximum Gasteiger partial charge on any atom is 0.511 e. The second kappa shape index (κ2) is 23.0. The van der Waals surface area contributed by atoms with Gasteiger partial charge in [-0.05, 0) is 25.3 Å². The summed E-state index contributed by atoms with van der Waals surface area (Å²) < 4.78 is 34.8. The third-order valence-electron chi connectivity index (χ3n) is 7.72. The summed E-state index contributed by atoms with van der Waals surface area (Å²) in [5.74, 6) is 0. The van der Waals surface area contributed by atoms with Crippen molar-refractivity contribution in [1.82, 2.24) is 0 Å². The van der Waals surface area contributed by atoms with Crippen molar-refractivity contribution in [3.8, 4) is 0 Å². The van der Waals surface area contributed by atoms with Gasteiger partial charge in [0.2, 0.25) is 5.69 Å². The van der Waals surface area contributed by atoms with E-state index in [9.17, 15) is 13.0 Å². The second-order valence-corrected chi connectivity index (χ2v) is 12.5. The molecular formula is C32H60NO3S+. The molecule has 1 heterocycles. The van der Waals surface area contributed by atoms with Crippen LogP contribution in [0.1, 0.15) is 173 Å². The fourth-order valence-electron chi connectivity index (χ4n) is 5.39. The van der Waals surface area contributed by atoms with E-state index < -0.39 is 10.3 Å². The van der Waals surface area contributed by atoms with E-state index in [1.165, 1.54) is 135 Å². The summed E-state index contributed by atoms with van der Waals surface area (Å²) in [6.07, 6.45) is 33.0. The minimum absolute atomic E-state index is 0.713. The van der Waals surface area contributed by atoms with Crippen LogP contribution in [0.3, 0.4) is 0 Å². The van der Waals surface area contributed by atoms with Crippen LogP contribution in [0.2, 0.25) is 0 Å². The van der Waals surface area contributed by atoms with E-state index in [0.29, 0.717) is 6.42 Å². The summed E-state index contributed by atoms with van der Waals surface area (Å²) in [7, 11) is -4.26. The van der Waals surface area contributed by atoms with Gasteiger partial charge >= 0.3 is 10.3 Å². The first kappa shape index (κ1) is 34.1. The summed E-state index contributed by atoms with van der Waals surface area (Å²) >= 11 is 0. The standard InChI is InChI=1S/C32H59NO3S/c1-3-5-7-9-11-13-14-15-16-17-19-20-22-24-27-31-28-26-30-33(37(34,35)36)32(31)29-25-23-21-18-12-10-8-6-4-2/h26,28,30H,3-25,27,29H2,1-2H3/p+1. The van der Waals surface area contributed by atoms with E-state index in [-0.39, 0.29) is 0 Å². The number of hydrogen-bond donors (Lipinski definition) is 1. The predicted molar refractivity (Wildman–Crippen MR) is 159 cm³/mol. The largest absolute Gasteiger partial charge is 0.511 e. The van der Waals surface area contributed by atoms with Crippen LogP contribution in [0.5, 0.6) is 0 Å². The third-order valence-corrected chi connectivity index (χ3v) is 8.56. The highest BCUT2D eigenvalue weighted by Gasteiger charge is 2.25. The SMILES string of the molecule is CCCCCCCCCCCCCCCCc1ccc[n+](S(=O)(=O)O)c1CCCCCCCCCCC. The quantitative estimate of drug-likeness (QED) is 0.0725. The average molecular weight is 539 g/mol. The molecule has 0 aliphatic carbocycles. The molecule has 37 heavy (non-hydrogen) atoms. The zero-order chi connectivity index (χ0) is 27.0. The minimum Gasteiger partial charge on any atom is -0.233 e. The topological polar surface area (TPSA) is 58.2 Å². The Kier molecular flexibility index (Phi) is 21.2. The molecular weight excluding hydrogens is 478 g/mol. The molecule has 0 saturated heterocycles. The first-order valence-corrected chi connectivity index (χ1v) is 17.4. The molecule has 0 aromatic carbocycles. The first-order valence-electron chi connectivity index (χ1n) is 16.0. The van der Waals surface area contributed by atoms with Gasteiger partial charge in [-0.3, -0.25) is 0 Å². The second-order valence-electron chi connectivity index (χ2n) is 11.2. The minimum atomic E-state index is -4.26. The smallest absolute Gasteiger partial charge is 0.233 e. The van der Waals surface area contributed by atoms with Crippen LogP contribution in [0.15, 0.2) is 18.3 Å². The molecule has 0 aliphatic heterocycles. The van der Waals surface area contributed by atoms with Crippen LogP contribution >= 0.6 is 0 Å². The van der Waals surface area contributed by atoms with Crippen molar-refractivity contribution in [2.24, 2.45) is 0 Å². The van der Waals surface area contributed by atoms with Gasteiger partial charge < -0.3 is 0 Å². The molecule has 1 N–H and O–H groups in total. The lowest BCUT2D eigenvalue weighted by molar-refractivity contribution is -0.529. The van der Waals surface area contributed by atoms with Crippen LogP contribution in [0.25, 0.3) is 0 Å².